The second-order valence-corrected chi connectivity index (χ2v) is 7.00. The maximum absolute atomic E-state index is 13.6. The van der Waals surface area contributed by atoms with E-state index in [0.29, 0.717) is 5.76 Å². The zero-order valence-electron chi connectivity index (χ0n) is 14.6. The minimum Gasteiger partial charge on any atom is -0.497 e. The number of hydrogen-bond acceptors (Lipinski definition) is 2. The molecular weight excluding hydrogens is 301 g/mol. The first-order valence-corrected chi connectivity index (χ1v) is 8.29. The fourth-order valence-electron chi connectivity index (χ4n) is 3.31. The molecule has 126 valence electrons. The summed E-state index contributed by atoms with van der Waals surface area (Å²) in [6.07, 6.45) is 1.94. The predicted molar refractivity (Wildman–Crippen MR) is 97.5 cm³/mol. The maximum Gasteiger partial charge on any atom is 0.123 e. The standard InChI is InChI=1S/C21H24FNO/c1-15(24-4)17-7-5-16(6-8-17)14-23-20-10-9-19(22)13-18(20)11-12-21(23,2)3/h5-10,13H,1,11-12,14H2,2-4H3. The summed E-state index contributed by atoms with van der Waals surface area (Å²) in [7, 11) is 1.63. The van der Waals surface area contributed by atoms with Gasteiger partial charge in [0.15, 0.2) is 0 Å². The molecule has 3 rings (SSSR count). The van der Waals surface area contributed by atoms with Gasteiger partial charge in [0.1, 0.15) is 11.6 Å². The van der Waals surface area contributed by atoms with E-state index < -0.39 is 0 Å². The molecule has 3 heteroatoms. The molecule has 0 bridgehead atoms. The van der Waals surface area contributed by atoms with Crippen LogP contribution in [0.25, 0.3) is 5.76 Å². The van der Waals surface area contributed by atoms with Gasteiger partial charge in [-0.05, 0) is 56.0 Å². The Morgan fingerprint density at radius 1 is 1.21 bits per heavy atom. The van der Waals surface area contributed by atoms with Crippen LogP contribution in [-0.4, -0.2) is 12.6 Å². The van der Waals surface area contributed by atoms with Crippen molar-refractivity contribution in [2.24, 2.45) is 0 Å². The Bertz CT molecular complexity index is 749. The SMILES string of the molecule is C=C(OC)c1ccc(CN2c3ccc(F)cc3CCC2(C)C)cc1. The number of ether oxygens (including phenoxy) is 1. The Balaban J connectivity index is 1.89. The molecule has 2 nitrogen and oxygen atoms in total. The molecular formula is C21H24FNO. The van der Waals surface area contributed by atoms with Crippen molar-refractivity contribution in [1.29, 1.82) is 0 Å². The number of rotatable bonds is 4. The lowest BCUT2D eigenvalue weighted by Crippen LogP contribution is -2.47. The number of methoxy groups -OCH3 is 1. The smallest absolute Gasteiger partial charge is 0.123 e. The van der Waals surface area contributed by atoms with E-state index in [-0.39, 0.29) is 11.4 Å². The fourth-order valence-corrected chi connectivity index (χ4v) is 3.31. The van der Waals surface area contributed by atoms with Crippen LogP contribution in [0.5, 0.6) is 0 Å². The van der Waals surface area contributed by atoms with Crippen molar-refractivity contribution in [3.8, 4) is 0 Å². The number of halogens is 1. The summed E-state index contributed by atoms with van der Waals surface area (Å²) in [4.78, 5) is 2.38. The average Bonchev–Trinajstić information content (AvgIpc) is 2.57. The van der Waals surface area contributed by atoms with Crippen LogP contribution >= 0.6 is 0 Å². The van der Waals surface area contributed by atoms with Crippen LogP contribution in [-0.2, 0) is 17.7 Å². The molecule has 0 saturated heterocycles. The van der Waals surface area contributed by atoms with Gasteiger partial charge in [-0.2, -0.15) is 0 Å². The van der Waals surface area contributed by atoms with E-state index >= 15 is 0 Å². The Labute approximate surface area is 143 Å². The van der Waals surface area contributed by atoms with E-state index in [2.05, 4.69) is 37.5 Å². The average molecular weight is 325 g/mol. The first kappa shape index (κ1) is 16.6. The van der Waals surface area contributed by atoms with Crippen molar-refractivity contribution >= 4 is 11.4 Å². The highest BCUT2D eigenvalue weighted by atomic mass is 19.1. The zero-order chi connectivity index (χ0) is 17.3. The minimum absolute atomic E-state index is 0.0413. The number of benzene rings is 2. The zero-order valence-corrected chi connectivity index (χ0v) is 14.6. The topological polar surface area (TPSA) is 12.5 Å². The van der Waals surface area contributed by atoms with Crippen LogP contribution in [0.1, 0.15) is 37.0 Å². The van der Waals surface area contributed by atoms with Crippen LogP contribution in [0.3, 0.4) is 0 Å². The minimum atomic E-state index is -0.157. The summed E-state index contributed by atoms with van der Waals surface area (Å²) in [5.74, 6) is 0.511. The van der Waals surface area contributed by atoms with E-state index in [9.17, 15) is 4.39 Å². The Morgan fingerprint density at radius 3 is 2.58 bits per heavy atom. The summed E-state index contributed by atoms with van der Waals surface area (Å²) in [5.41, 5.74) is 4.48. The highest BCUT2D eigenvalue weighted by Gasteiger charge is 2.32. The molecule has 0 atom stereocenters. The van der Waals surface area contributed by atoms with E-state index in [1.54, 1.807) is 19.2 Å². The van der Waals surface area contributed by atoms with Crippen LogP contribution in [0, 0.1) is 5.82 Å². The lowest BCUT2D eigenvalue weighted by Gasteiger charge is -2.45. The normalized spacial score (nSPS) is 15.8. The molecule has 1 aliphatic heterocycles. The van der Waals surface area contributed by atoms with Crippen LogP contribution < -0.4 is 4.90 Å². The summed E-state index contributed by atoms with van der Waals surface area (Å²) >= 11 is 0. The van der Waals surface area contributed by atoms with Crippen molar-refractivity contribution < 1.29 is 9.13 Å². The van der Waals surface area contributed by atoms with E-state index in [4.69, 9.17) is 4.74 Å². The van der Waals surface area contributed by atoms with Gasteiger partial charge in [-0.3, -0.25) is 0 Å². The molecule has 0 saturated carbocycles. The van der Waals surface area contributed by atoms with Gasteiger partial charge < -0.3 is 9.64 Å². The molecule has 1 aliphatic rings. The Morgan fingerprint density at radius 2 is 1.92 bits per heavy atom. The number of hydrogen-bond donors (Lipinski definition) is 0. The summed E-state index contributed by atoms with van der Waals surface area (Å²) in [6, 6.07) is 13.4. The third-order valence-corrected chi connectivity index (χ3v) is 4.93. The van der Waals surface area contributed by atoms with Gasteiger partial charge in [-0.25, -0.2) is 4.39 Å². The maximum atomic E-state index is 13.6. The molecule has 1 heterocycles. The molecule has 0 aromatic heterocycles. The Kier molecular flexibility index (Phi) is 4.35. The molecule has 2 aromatic carbocycles. The number of fused-ring (bicyclic) bond motifs is 1. The quantitative estimate of drug-likeness (QED) is 0.719. The highest BCUT2D eigenvalue weighted by molar-refractivity contribution is 5.60. The number of anilines is 1. The van der Waals surface area contributed by atoms with E-state index in [0.717, 1.165) is 36.2 Å². The van der Waals surface area contributed by atoms with Crippen LogP contribution in [0.15, 0.2) is 49.0 Å². The van der Waals surface area contributed by atoms with Gasteiger partial charge in [0, 0.05) is 23.3 Å². The van der Waals surface area contributed by atoms with Gasteiger partial charge in [-0.15, -0.1) is 0 Å². The van der Waals surface area contributed by atoms with Crippen LogP contribution in [0.4, 0.5) is 10.1 Å². The largest absolute Gasteiger partial charge is 0.497 e. The lowest BCUT2D eigenvalue weighted by molar-refractivity contribution is 0.371. The highest BCUT2D eigenvalue weighted by Crippen LogP contribution is 2.38. The molecule has 0 spiro atoms. The summed E-state index contributed by atoms with van der Waals surface area (Å²) < 4.78 is 18.7. The summed E-state index contributed by atoms with van der Waals surface area (Å²) in [5, 5.41) is 0. The lowest BCUT2D eigenvalue weighted by atomic mass is 9.86. The molecule has 0 unspecified atom stereocenters. The molecule has 0 N–H and O–H groups in total. The molecule has 24 heavy (non-hydrogen) atoms. The second-order valence-electron chi connectivity index (χ2n) is 7.00. The number of nitrogens with zero attached hydrogens (tertiary/aromatic N) is 1. The first-order valence-electron chi connectivity index (χ1n) is 8.29. The molecule has 2 aromatic rings. The fraction of sp³-hybridized carbons (Fsp3) is 0.333. The molecule has 0 amide bonds. The van der Waals surface area contributed by atoms with Crippen LogP contribution in [0.2, 0.25) is 0 Å². The van der Waals surface area contributed by atoms with Gasteiger partial charge in [0.05, 0.1) is 7.11 Å². The second kappa shape index (κ2) is 6.31. The van der Waals surface area contributed by atoms with E-state index in [1.807, 2.05) is 18.2 Å². The third kappa shape index (κ3) is 3.16. The van der Waals surface area contributed by atoms with Gasteiger partial charge >= 0.3 is 0 Å². The summed E-state index contributed by atoms with van der Waals surface area (Å²) in [6.45, 7) is 9.18. The monoisotopic (exact) mass is 325 g/mol. The van der Waals surface area contributed by atoms with Crippen molar-refractivity contribution in [1.82, 2.24) is 0 Å². The van der Waals surface area contributed by atoms with E-state index in [1.165, 1.54) is 5.56 Å². The molecule has 0 aliphatic carbocycles. The molecule has 0 radical (unpaired) electrons. The van der Waals surface area contributed by atoms with Gasteiger partial charge in [-0.1, -0.05) is 30.8 Å². The Hall–Kier alpha value is -2.29. The first-order chi connectivity index (χ1) is 11.4. The predicted octanol–water partition coefficient (Wildman–Crippen LogP) is 5.17. The van der Waals surface area contributed by atoms with Gasteiger partial charge in [0.25, 0.3) is 0 Å². The van der Waals surface area contributed by atoms with Crippen molar-refractivity contribution in [3.63, 3.8) is 0 Å². The van der Waals surface area contributed by atoms with Gasteiger partial charge in [0.2, 0.25) is 0 Å². The molecule has 0 fully saturated rings. The van der Waals surface area contributed by atoms with Crippen molar-refractivity contribution in [2.45, 2.75) is 38.8 Å². The number of aryl methyl sites for hydroxylation is 1. The van der Waals surface area contributed by atoms with Crippen molar-refractivity contribution in [3.05, 3.63) is 71.6 Å². The van der Waals surface area contributed by atoms with Crippen molar-refractivity contribution in [2.75, 3.05) is 12.0 Å². The third-order valence-electron chi connectivity index (χ3n) is 4.93.